The lowest BCUT2D eigenvalue weighted by atomic mass is 10.1. The quantitative estimate of drug-likeness (QED) is 0.858. The maximum absolute atomic E-state index is 13.4. The van der Waals surface area contributed by atoms with Crippen molar-refractivity contribution < 1.29 is 14.0 Å². The number of nitrogens with one attached hydrogen (secondary N) is 1. The van der Waals surface area contributed by atoms with Gasteiger partial charge in [0.2, 0.25) is 11.8 Å². The lowest BCUT2D eigenvalue weighted by Crippen LogP contribution is -2.57. The maximum Gasteiger partial charge on any atom is 0.247 e. The summed E-state index contributed by atoms with van der Waals surface area (Å²) in [7, 11) is 0. The third-order valence-corrected chi connectivity index (χ3v) is 3.56. The third-order valence-electron chi connectivity index (χ3n) is 2.95. The number of aryl methyl sites for hydroxylation is 1. The Hall–Kier alpha value is -1.43. The molecule has 1 atom stereocenters. The van der Waals surface area contributed by atoms with E-state index in [0.717, 1.165) is 0 Å². The Balaban J connectivity index is 2.49. The molecule has 1 aliphatic rings. The lowest BCUT2D eigenvalue weighted by Gasteiger charge is -2.33. The van der Waals surface area contributed by atoms with Crippen LogP contribution in [0.2, 0.25) is 0 Å². The van der Waals surface area contributed by atoms with Crippen molar-refractivity contribution in [1.29, 1.82) is 0 Å². The zero-order valence-electron chi connectivity index (χ0n) is 9.96. The van der Waals surface area contributed by atoms with Crippen molar-refractivity contribution in [2.75, 3.05) is 11.4 Å². The molecular weight excluding hydrogens is 303 g/mol. The lowest BCUT2D eigenvalue weighted by molar-refractivity contribution is -0.130. The van der Waals surface area contributed by atoms with Crippen molar-refractivity contribution in [3.05, 3.63) is 28.0 Å². The van der Waals surface area contributed by atoms with E-state index in [1.165, 1.54) is 17.0 Å². The van der Waals surface area contributed by atoms with E-state index in [2.05, 4.69) is 21.2 Å². The number of carbonyl (C=O) groups is 2. The topological polar surface area (TPSA) is 49.4 Å². The average molecular weight is 315 g/mol. The Morgan fingerprint density at radius 2 is 2.11 bits per heavy atom. The summed E-state index contributed by atoms with van der Waals surface area (Å²) >= 11 is 3.09. The largest absolute Gasteiger partial charge is 0.345 e. The summed E-state index contributed by atoms with van der Waals surface area (Å²) in [5.41, 5.74) is 1.17. The van der Waals surface area contributed by atoms with Crippen molar-refractivity contribution in [2.45, 2.75) is 19.9 Å². The van der Waals surface area contributed by atoms with Crippen LogP contribution in [0, 0.1) is 12.7 Å². The molecule has 96 valence electrons. The fourth-order valence-electron chi connectivity index (χ4n) is 1.97. The van der Waals surface area contributed by atoms with Crippen LogP contribution in [0.3, 0.4) is 0 Å². The molecule has 6 heteroatoms. The van der Waals surface area contributed by atoms with E-state index >= 15 is 0 Å². The van der Waals surface area contributed by atoms with E-state index < -0.39 is 11.9 Å². The number of nitrogens with zero attached hydrogens (tertiary/aromatic N) is 1. The Bertz CT molecular complexity index is 533. The summed E-state index contributed by atoms with van der Waals surface area (Å²) in [5, 5.41) is 2.51. The second-order valence-corrected chi connectivity index (χ2v) is 5.06. The van der Waals surface area contributed by atoms with Gasteiger partial charge < -0.3 is 5.32 Å². The van der Waals surface area contributed by atoms with Crippen molar-refractivity contribution in [2.24, 2.45) is 0 Å². The number of amides is 2. The van der Waals surface area contributed by atoms with Crippen LogP contribution in [-0.2, 0) is 9.59 Å². The van der Waals surface area contributed by atoms with Gasteiger partial charge in [-0.15, -0.1) is 0 Å². The van der Waals surface area contributed by atoms with Crippen LogP contribution >= 0.6 is 15.9 Å². The summed E-state index contributed by atoms with van der Waals surface area (Å²) in [6.07, 6.45) is 0. The molecule has 1 unspecified atom stereocenters. The summed E-state index contributed by atoms with van der Waals surface area (Å²) in [4.78, 5) is 24.9. The highest BCUT2D eigenvalue weighted by Crippen LogP contribution is 2.29. The standard InChI is InChI=1S/C12H12BrFN2O2/c1-6-3-9(14)8(13)4-10(6)16-7(2)12(18)15-5-11(16)17/h3-4,7H,5H2,1-2H3,(H,15,18). The fraction of sp³-hybridized carbons (Fsp3) is 0.333. The van der Waals surface area contributed by atoms with Gasteiger partial charge in [-0.05, 0) is 47.5 Å². The first-order valence-corrected chi connectivity index (χ1v) is 6.26. The molecule has 0 spiro atoms. The van der Waals surface area contributed by atoms with Gasteiger partial charge >= 0.3 is 0 Å². The number of rotatable bonds is 1. The predicted molar refractivity (Wildman–Crippen MR) is 68.8 cm³/mol. The molecule has 0 aliphatic carbocycles. The average Bonchev–Trinajstić information content (AvgIpc) is 2.31. The smallest absolute Gasteiger partial charge is 0.247 e. The Labute approximate surface area is 112 Å². The third kappa shape index (κ3) is 2.12. The summed E-state index contributed by atoms with van der Waals surface area (Å²) in [6.45, 7) is 3.32. The van der Waals surface area contributed by atoms with Crippen molar-refractivity contribution in [1.82, 2.24) is 5.32 Å². The van der Waals surface area contributed by atoms with Gasteiger partial charge in [-0.3, -0.25) is 14.5 Å². The van der Waals surface area contributed by atoms with Crippen molar-refractivity contribution >= 4 is 33.4 Å². The van der Waals surface area contributed by atoms with E-state index in [1.807, 2.05) is 0 Å². The number of hydrogen-bond acceptors (Lipinski definition) is 2. The van der Waals surface area contributed by atoms with E-state index in [-0.39, 0.29) is 22.8 Å². The molecule has 2 amide bonds. The molecule has 1 fully saturated rings. The van der Waals surface area contributed by atoms with Gasteiger partial charge in [0.1, 0.15) is 11.9 Å². The van der Waals surface area contributed by atoms with Crippen LogP contribution in [0.1, 0.15) is 12.5 Å². The number of hydrogen-bond donors (Lipinski definition) is 1. The number of carbonyl (C=O) groups excluding carboxylic acids is 2. The first-order valence-electron chi connectivity index (χ1n) is 5.47. The molecule has 1 N–H and O–H groups in total. The molecule has 0 aromatic heterocycles. The van der Waals surface area contributed by atoms with Crippen molar-refractivity contribution in [3.8, 4) is 0 Å². The Morgan fingerprint density at radius 3 is 2.78 bits per heavy atom. The number of anilines is 1. The Kier molecular flexibility index (Phi) is 3.38. The van der Waals surface area contributed by atoms with Crippen molar-refractivity contribution in [3.63, 3.8) is 0 Å². The SMILES string of the molecule is Cc1cc(F)c(Br)cc1N1C(=O)CNC(=O)C1C. The molecule has 1 heterocycles. The maximum atomic E-state index is 13.4. The minimum absolute atomic E-state index is 0.0301. The highest BCUT2D eigenvalue weighted by atomic mass is 79.9. The summed E-state index contributed by atoms with van der Waals surface area (Å²) < 4.78 is 13.6. The van der Waals surface area contributed by atoms with Crippen LogP contribution < -0.4 is 10.2 Å². The molecule has 1 aliphatic heterocycles. The van der Waals surface area contributed by atoms with Gasteiger partial charge in [-0.25, -0.2) is 4.39 Å². The van der Waals surface area contributed by atoms with Crippen LogP contribution in [0.15, 0.2) is 16.6 Å². The van der Waals surface area contributed by atoms with Gasteiger partial charge in [0.15, 0.2) is 0 Å². The van der Waals surface area contributed by atoms with Crippen LogP contribution in [0.4, 0.5) is 10.1 Å². The van der Waals surface area contributed by atoms with Gasteiger partial charge in [0.25, 0.3) is 0 Å². The number of piperazine rings is 1. The van der Waals surface area contributed by atoms with Gasteiger partial charge in [-0.1, -0.05) is 0 Å². The minimum Gasteiger partial charge on any atom is -0.345 e. The zero-order chi connectivity index (χ0) is 13.4. The second-order valence-electron chi connectivity index (χ2n) is 4.21. The molecule has 4 nitrogen and oxygen atoms in total. The molecule has 1 saturated heterocycles. The molecule has 0 bridgehead atoms. The number of benzene rings is 1. The minimum atomic E-state index is -0.595. The van der Waals surface area contributed by atoms with Crippen LogP contribution in [0.25, 0.3) is 0 Å². The van der Waals surface area contributed by atoms with Crippen LogP contribution in [0.5, 0.6) is 0 Å². The first-order chi connectivity index (χ1) is 8.41. The summed E-state index contributed by atoms with van der Waals surface area (Å²) in [6, 6.07) is 2.27. The van der Waals surface area contributed by atoms with Gasteiger partial charge in [-0.2, -0.15) is 0 Å². The molecule has 0 saturated carbocycles. The van der Waals surface area contributed by atoms with Gasteiger partial charge in [0.05, 0.1) is 11.0 Å². The number of halogens is 2. The molecule has 0 radical (unpaired) electrons. The molecule has 18 heavy (non-hydrogen) atoms. The van der Waals surface area contributed by atoms with E-state index in [4.69, 9.17) is 0 Å². The predicted octanol–water partition coefficient (Wildman–Crippen LogP) is 1.75. The highest BCUT2D eigenvalue weighted by molar-refractivity contribution is 9.10. The van der Waals surface area contributed by atoms with E-state index in [0.29, 0.717) is 11.3 Å². The molecule has 1 aromatic rings. The first kappa shape index (κ1) is 13.0. The second kappa shape index (κ2) is 4.68. The molecule has 1 aromatic carbocycles. The van der Waals surface area contributed by atoms with Gasteiger partial charge in [0, 0.05) is 5.69 Å². The Morgan fingerprint density at radius 1 is 1.44 bits per heavy atom. The van der Waals surface area contributed by atoms with E-state index in [9.17, 15) is 14.0 Å². The van der Waals surface area contributed by atoms with E-state index in [1.54, 1.807) is 13.8 Å². The summed E-state index contributed by atoms with van der Waals surface area (Å²) in [5.74, 6) is -0.809. The zero-order valence-corrected chi connectivity index (χ0v) is 11.5. The molecular formula is C12H12BrFN2O2. The molecule has 2 rings (SSSR count). The highest BCUT2D eigenvalue weighted by Gasteiger charge is 2.33. The monoisotopic (exact) mass is 314 g/mol. The fourth-order valence-corrected chi connectivity index (χ4v) is 2.30. The normalized spacial score (nSPS) is 20.0. The van der Waals surface area contributed by atoms with Crippen LogP contribution in [-0.4, -0.2) is 24.4 Å².